The zero-order chi connectivity index (χ0) is 26.3. The molecule has 0 atom stereocenters. The average molecular weight is 503 g/mol. The number of carbonyl (C=O) groups excluding carboxylic acids is 1. The highest BCUT2D eigenvalue weighted by molar-refractivity contribution is 5.90. The summed E-state index contributed by atoms with van der Waals surface area (Å²) in [6.07, 6.45) is 3.28. The van der Waals surface area contributed by atoms with Crippen LogP contribution in [0.4, 0.5) is 22.1 Å². The highest BCUT2D eigenvalue weighted by Crippen LogP contribution is 2.28. The molecule has 0 aliphatic carbocycles. The van der Waals surface area contributed by atoms with Crippen LogP contribution in [-0.2, 0) is 4.74 Å². The predicted molar refractivity (Wildman–Crippen MR) is 140 cm³/mol. The van der Waals surface area contributed by atoms with Crippen LogP contribution in [0.2, 0.25) is 0 Å². The normalized spacial score (nSPS) is 13.9. The van der Waals surface area contributed by atoms with E-state index in [4.69, 9.17) is 9.47 Å². The van der Waals surface area contributed by atoms with E-state index < -0.39 is 11.6 Å². The lowest BCUT2D eigenvalue weighted by Crippen LogP contribution is -2.40. The molecule has 1 aliphatic heterocycles. The van der Waals surface area contributed by atoms with Crippen molar-refractivity contribution in [3.05, 3.63) is 60.3 Å². The topological polar surface area (TPSA) is 141 Å². The molecular weight excluding hydrogens is 472 g/mol. The molecule has 0 unspecified atom stereocenters. The number of hydrogen-bond acceptors (Lipinski definition) is 8. The van der Waals surface area contributed by atoms with Crippen molar-refractivity contribution in [2.75, 3.05) is 30.4 Å². The van der Waals surface area contributed by atoms with Crippen LogP contribution in [0.5, 0.6) is 5.75 Å². The zero-order valence-corrected chi connectivity index (χ0v) is 20.8. The number of rotatable bonds is 8. The molecule has 3 aromatic rings. The molecule has 192 valence electrons. The Labute approximate surface area is 215 Å². The van der Waals surface area contributed by atoms with Crippen molar-refractivity contribution in [1.82, 2.24) is 15.3 Å². The Morgan fingerprint density at radius 1 is 1.19 bits per heavy atom. The third-order valence-corrected chi connectivity index (χ3v) is 5.57. The van der Waals surface area contributed by atoms with Crippen molar-refractivity contribution in [3.63, 3.8) is 0 Å². The van der Waals surface area contributed by atoms with E-state index in [-0.39, 0.29) is 12.6 Å². The van der Waals surface area contributed by atoms with Gasteiger partial charge in [0.1, 0.15) is 17.9 Å². The fourth-order valence-electron chi connectivity index (χ4n) is 3.71. The third kappa shape index (κ3) is 7.64. The van der Waals surface area contributed by atoms with Crippen molar-refractivity contribution in [2.45, 2.75) is 38.4 Å². The first-order valence-corrected chi connectivity index (χ1v) is 12.1. The number of amides is 2. The van der Waals surface area contributed by atoms with E-state index >= 15 is 0 Å². The smallest absolute Gasteiger partial charge is 0.319 e. The van der Waals surface area contributed by atoms with Crippen molar-refractivity contribution < 1.29 is 19.4 Å². The molecule has 0 saturated carbocycles. The minimum atomic E-state index is -1.00. The Morgan fingerprint density at radius 3 is 2.73 bits per heavy atom. The second-order valence-electron chi connectivity index (χ2n) is 9.34. The zero-order valence-electron chi connectivity index (χ0n) is 20.8. The predicted octanol–water partition coefficient (Wildman–Crippen LogP) is 4.21. The van der Waals surface area contributed by atoms with E-state index in [9.17, 15) is 15.2 Å². The van der Waals surface area contributed by atoms with Crippen LogP contribution in [0.15, 0.2) is 54.7 Å². The van der Waals surface area contributed by atoms with E-state index in [1.165, 1.54) is 0 Å². The first-order chi connectivity index (χ1) is 17.8. The number of aromatic nitrogens is 2. The molecule has 1 aromatic heterocycles. The summed E-state index contributed by atoms with van der Waals surface area (Å²) in [5.41, 5.74) is 2.09. The number of nitrogens with zero attached hydrogens (tertiary/aromatic N) is 3. The quantitative estimate of drug-likeness (QED) is 0.359. The molecule has 0 spiro atoms. The molecule has 2 amide bonds. The summed E-state index contributed by atoms with van der Waals surface area (Å²) in [5, 5.41) is 27.9. The largest absolute Gasteiger partial charge is 0.489 e. The summed E-state index contributed by atoms with van der Waals surface area (Å²) in [6.45, 7) is 4.67. The van der Waals surface area contributed by atoms with Crippen LogP contribution < -0.4 is 20.7 Å². The van der Waals surface area contributed by atoms with Gasteiger partial charge in [0.05, 0.1) is 30.1 Å². The number of nitriles is 1. The molecule has 0 bridgehead atoms. The standard InChI is InChI=1S/C27H30N6O4/c1-27(2,35)17-30-26(34)32-21-5-3-4-20(15-21)31-25-29-11-8-23(33-25)18-6-7-24(19(14-18)16-28)37-22-9-12-36-13-10-22/h3-8,11,14-15,22,35H,9-10,12-13,17H2,1-2H3,(H,29,31,33)(H2,30,32,34). The Kier molecular flexibility index (Phi) is 8.18. The number of benzene rings is 2. The number of ether oxygens (including phenoxy) is 2. The third-order valence-electron chi connectivity index (χ3n) is 5.57. The number of urea groups is 1. The van der Waals surface area contributed by atoms with Crippen molar-refractivity contribution in [3.8, 4) is 23.1 Å². The maximum Gasteiger partial charge on any atom is 0.319 e. The van der Waals surface area contributed by atoms with Crippen LogP contribution in [0, 0.1) is 11.3 Å². The first-order valence-electron chi connectivity index (χ1n) is 12.1. The highest BCUT2D eigenvalue weighted by atomic mass is 16.5. The molecule has 2 heterocycles. The molecule has 4 N–H and O–H groups in total. The first kappa shape index (κ1) is 25.9. The number of aliphatic hydroxyl groups is 1. The molecule has 37 heavy (non-hydrogen) atoms. The summed E-state index contributed by atoms with van der Waals surface area (Å²) in [7, 11) is 0. The van der Waals surface area contributed by atoms with Gasteiger partial charge in [-0.25, -0.2) is 14.8 Å². The second-order valence-corrected chi connectivity index (χ2v) is 9.34. The van der Waals surface area contributed by atoms with E-state index in [1.54, 1.807) is 56.4 Å². The van der Waals surface area contributed by atoms with Gasteiger partial charge in [-0.1, -0.05) is 6.07 Å². The number of carbonyl (C=O) groups is 1. The monoisotopic (exact) mass is 502 g/mol. The van der Waals surface area contributed by atoms with Crippen LogP contribution in [0.3, 0.4) is 0 Å². The Hall–Kier alpha value is -4.20. The Morgan fingerprint density at radius 2 is 1.97 bits per heavy atom. The minimum absolute atomic E-state index is 0.0411. The molecular formula is C27H30N6O4. The van der Waals surface area contributed by atoms with Gasteiger partial charge in [-0.2, -0.15) is 5.26 Å². The van der Waals surface area contributed by atoms with Gasteiger partial charge >= 0.3 is 6.03 Å². The second kappa shape index (κ2) is 11.7. The molecule has 10 nitrogen and oxygen atoms in total. The van der Waals surface area contributed by atoms with Gasteiger partial charge in [-0.3, -0.25) is 0 Å². The maximum atomic E-state index is 12.1. The molecule has 1 aliphatic rings. The summed E-state index contributed by atoms with van der Waals surface area (Å²) in [6, 6.07) is 16.1. The summed E-state index contributed by atoms with van der Waals surface area (Å²) >= 11 is 0. The van der Waals surface area contributed by atoms with Crippen molar-refractivity contribution >= 4 is 23.4 Å². The SMILES string of the molecule is CC(C)(O)CNC(=O)Nc1cccc(Nc2nccc(-c3ccc(OC4CCOCC4)c(C#N)c3)n2)c1. The maximum absolute atomic E-state index is 12.1. The van der Waals surface area contributed by atoms with E-state index in [2.05, 4.69) is 32.0 Å². The van der Waals surface area contributed by atoms with Crippen LogP contribution >= 0.6 is 0 Å². The molecule has 1 fully saturated rings. The van der Waals surface area contributed by atoms with E-state index in [0.29, 0.717) is 47.5 Å². The summed E-state index contributed by atoms with van der Waals surface area (Å²) in [5.74, 6) is 0.920. The van der Waals surface area contributed by atoms with Crippen LogP contribution in [-0.4, -0.2) is 52.6 Å². The van der Waals surface area contributed by atoms with Gasteiger partial charge in [0, 0.05) is 42.5 Å². The molecule has 10 heteroatoms. The van der Waals surface area contributed by atoms with Gasteiger partial charge in [-0.15, -0.1) is 0 Å². The number of anilines is 3. The van der Waals surface area contributed by atoms with Gasteiger partial charge in [0.2, 0.25) is 5.95 Å². The van der Waals surface area contributed by atoms with Crippen molar-refractivity contribution in [2.24, 2.45) is 0 Å². The fraction of sp³-hybridized carbons (Fsp3) is 0.333. The average Bonchev–Trinajstić information content (AvgIpc) is 2.88. The van der Waals surface area contributed by atoms with Gasteiger partial charge < -0.3 is 30.5 Å². The van der Waals surface area contributed by atoms with Crippen molar-refractivity contribution in [1.29, 1.82) is 5.26 Å². The van der Waals surface area contributed by atoms with E-state index in [0.717, 1.165) is 18.4 Å². The highest BCUT2D eigenvalue weighted by Gasteiger charge is 2.18. The van der Waals surface area contributed by atoms with Gasteiger partial charge in [-0.05, 0) is 56.3 Å². The van der Waals surface area contributed by atoms with Crippen LogP contribution in [0.25, 0.3) is 11.3 Å². The van der Waals surface area contributed by atoms with Crippen LogP contribution in [0.1, 0.15) is 32.3 Å². The lowest BCUT2D eigenvalue weighted by molar-refractivity contribution is 0.0254. The molecule has 0 radical (unpaired) electrons. The Balaban J connectivity index is 1.44. The minimum Gasteiger partial charge on any atom is -0.489 e. The lowest BCUT2D eigenvalue weighted by atomic mass is 10.1. The number of nitrogens with one attached hydrogen (secondary N) is 3. The summed E-state index contributed by atoms with van der Waals surface area (Å²) in [4.78, 5) is 21.0. The van der Waals surface area contributed by atoms with Gasteiger partial charge in [0.15, 0.2) is 0 Å². The van der Waals surface area contributed by atoms with E-state index in [1.807, 2.05) is 12.1 Å². The Bertz CT molecular complexity index is 1280. The molecule has 1 saturated heterocycles. The fourth-order valence-corrected chi connectivity index (χ4v) is 3.71. The lowest BCUT2D eigenvalue weighted by Gasteiger charge is -2.23. The van der Waals surface area contributed by atoms with Gasteiger partial charge in [0.25, 0.3) is 0 Å². The molecule has 4 rings (SSSR count). The summed E-state index contributed by atoms with van der Waals surface area (Å²) < 4.78 is 11.4. The molecule has 2 aromatic carbocycles. The number of hydrogen-bond donors (Lipinski definition) is 4.